The summed E-state index contributed by atoms with van der Waals surface area (Å²) >= 11 is 5.13. The molecule has 1 aromatic carbocycles. The molecule has 0 bridgehead atoms. The lowest BCUT2D eigenvalue weighted by molar-refractivity contribution is 0.663. The minimum absolute atomic E-state index is 0.0916. The van der Waals surface area contributed by atoms with E-state index in [1.807, 2.05) is 22.7 Å². The van der Waals surface area contributed by atoms with E-state index in [2.05, 4.69) is 60.7 Å². The highest BCUT2D eigenvalue weighted by Gasteiger charge is 2.39. The molecular formula is C19H16N2S3. The largest absolute Gasteiger partial charge is 0.173 e. The molecule has 0 unspecified atom stereocenters. The predicted molar refractivity (Wildman–Crippen MR) is 106 cm³/mol. The smallest absolute Gasteiger partial charge is 0.113 e. The van der Waals surface area contributed by atoms with E-state index in [4.69, 9.17) is 0 Å². The van der Waals surface area contributed by atoms with Gasteiger partial charge in [-0.15, -0.1) is 22.7 Å². The zero-order valence-electron chi connectivity index (χ0n) is 13.9. The van der Waals surface area contributed by atoms with Crippen LogP contribution in [-0.2, 0) is 5.41 Å². The van der Waals surface area contributed by atoms with Gasteiger partial charge in [0.05, 0.1) is 11.7 Å². The van der Waals surface area contributed by atoms with E-state index in [0.29, 0.717) is 0 Å². The van der Waals surface area contributed by atoms with Gasteiger partial charge < -0.3 is 0 Å². The first kappa shape index (κ1) is 14.8. The number of hydrogen-bond donors (Lipinski definition) is 0. The predicted octanol–water partition coefficient (Wildman–Crippen LogP) is 6.40. The quantitative estimate of drug-likeness (QED) is 0.388. The van der Waals surface area contributed by atoms with E-state index >= 15 is 0 Å². The molecule has 3 aromatic heterocycles. The van der Waals surface area contributed by atoms with Crippen LogP contribution in [-0.4, -0.2) is 8.75 Å². The van der Waals surface area contributed by atoms with Crippen LogP contribution in [0.15, 0.2) is 24.3 Å². The summed E-state index contributed by atoms with van der Waals surface area (Å²) in [5.74, 6) is 0. The average molecular weight is 369 g/mol. The van der Waals surface area contributed by atoms with Crippen molar-refractivity contribution in [2.75, 3.05) is 0 Å². The molecule has 0 fully saturated rings. The summed E-state index contributed by atoms with van der Waals surface area (Å²) in [6.45, 7) is 8.99. The van der Waals surface area contributed by atoms with E-state index in [9.17, 15) is 0 Å². The molecule has 0 radical (unpaired) electrons. The minimum Gasteiger partial charge on any atom is -0.173 e. The summed E-state index contributed by atoms with van der Waals surface area (Å²) < 4.78 is 9.04. The van der Waals surface area contributed by atoms with Gasteiger partial charge in [-0.05, 0) is 42.7 Å². The van der Waals surface area contributed by atoms with Crippen LogP contribution in [0.4, 0.5) is 0 Å². The molecule has 0 amide bonds. The summed E-state index contributed by atoms with van der Waals surface area (Å²) in [6, 6.07) is 9.11. The summed E-state index contributed by atoms with van der Waals surface area (Å²) in [7, 11) is 0. The van der Waals surface area contributed by atoms with Crippen LogP contribution in [0.5, 0.6) is 0 Å². The van der Waals surface area contributed by atoms with Gasteiger partial charge in [0, 0.05) is 30.5 Å². The third-order valence-corrected chi connectivity index (χ3v) is 7.93. The molecule has 0 saturated heterocycles. The van der Waals surface area contributed by atoms with Gasteiger partial charge in [0.25, 0.3) is 0 Å². The Morgan fingerprint density at radius 1 is 0.875 bits per heavy atom. The van der Waals surface area contributed by atoms with E-state index < -0.39 is 0 Å². The zero-order chi connectivity index (χ0) is 16.6. The molecule has 1 aliphatic carbocycles. The van der Waals surface area contributed by atoms with Crippen LogP contribution in [0, 0.1) is 13.8 Å². The van der Waals surface area contributed by atoms with E-state index in [0.717, 1.165) is 11.0 Å². The van der Waals surface area contributed by atoms with Crippen LogP contribution in [0.25, 0.3) is 31.2 Å². The maximum Gasteiger partial charge on any atom is 0.113 e. The lowest BCUT2D eigenvalue weighted by Crippen LogP contribution is -2.13. The first-order chi connectivity index (χ1) is 11.5. The Morgan fingerprint density at radius 2 is 1.58 bits per heavy atom. The lowest BCUT2D eigenvalue weighted by Gasteiger charge is -2.19. The third-order valence-electron chi connectivity index (χ3n) is 5.02. The summed E-state index contributed by atoms with van der Waals surface area (Å²) in [6.07, 6.45) is 0. The van der Waals surface area contributed by atoms with Crippen LogP contribution in [0.1, 0.15) is 35.4 Å². The van der Waals surface area contributed by atoms with Crippen molar-refractivity contribution in [1.29, 1.82) is 0 Å². The van der Waals surface area contributed by atoms with Gasteiger partial charge in [-0.2, -0.15) is 8.75 Å². The first-order valence-electron chi connectivity index (χ1n) is 7.94. The van der Waals surface area contributed by atoms with Crippen molar-refractivity contribution in [3.63, 3.8) is 0 Å². The second-order valence-electron chi connectivity index (χ2n) is 6.97. The molecule has 1 aliphatic rings. The van der Waals surface area contributed by atoms with Crippen LogP contribution in [0.3, 0.4) is 0 Å². The number of aryl methyl sites for hydroxylation is 2. The maximum absolute atomic E-state index is 4.56. The van der Waals surface area contributed by atoms with Crippen molar-refractivity contribution < 1.29 is 0 Å². The van der Waals surface area contributed by atoms with Gasteiger partial charge in [0.2, 0.25) is 0 Å². The summed E-state index contributed by atoms with van der Waals surface area (Å²) in [4.78, 5) is 5.61. The summed E-state index contributed by atoms with van der Waals surface area (Å²) in [5.41, 5.74) is 7.53. The number of fused-ring (bicyclic) bond motifs is 4. The second kappa shape index (κ2) is 4.75. The van der Waals surface area contributed by atoms with Crippen molar-refractivity contribution in [2.24, 2.45) is 0 Å². The Kier molecular flexibility index (Phi) is 2.92. The Labute approximate surface area is 153 Å². The normalized spacial score (nSPS) is 15.0. The molecule has 4 aromatic rings. The average Bonchev–Trinajstić information content (AvgIpc) is 3.25. The third kappa shape index (κ3) is 1.80. The monoisotopic (exact) mass is 368 g/mol. The highest BCUT2D eigenvalue weighted by atomic mass is 32.1. The van der Waals surface area contributed by atoms with Gasteiger partial charge in [0.1, 0.15) is 11.0 Å². The van der Waals surface area contributed by atoms with Gasteiger partial charge in [-0.25, -0.2) is 0 Å². The highest BCUT2D eigenvalue weighted by Crippen LogP contribution is 2.57. The lowest BCUT2D eigenvalue weighted by atomic mass is 9.83. The van der Waals surface area contributed by atoms with Crippen LogP contribution in [0.2, 0.25) is 0 Å². The Balaban J connectivity index is 1.77. The Hall–Kier alpha value is -1.56. The van der Waals surface area contributed by atoms with Crippen molar-refractivity contribution in [3.8, 4) is 20.2 Å². The number of hydrogen-bond acceptors (Lipinski definition) is 5. The number of thiophene rings is 2. The molecule has 2 nitrogen and oxygen atoms in total. The van der Waals surface area contributed by atoms with E-state index in [1.165, 1.54) is 53.5 Å². The van der Waals surface area contributed by atoms with E-state index in [-0.39, 0.29) is 5.41 Å². The molecule has 5 heteroatoms. The van der Waals surface area contributed by atoms with Crippen molar-refractivity contribution >= 4 is 45.4 Å². The molecule has 5 rings (SSSR count). The number of nitrogens with zero attached hydrogens (tertiary/aromatic N) is 2. The maximum atomic E-state index is 4.56. The van der Waals surface area contributed by atoms with Gasteiger partial charge >= 0.3 is 0 Å². The van der Waals surface area contributed by atoms with Gasteiger partial charge in [-0.1, -0.05) is 26.0 Å². The zero-order valence-corrected chi connectivity index (χ0v) is 16.4. The fourth-order valence-corrected chi connectivity index (χ4v) is 6.93. The molecule has 120 valence electrons. The molecule has 0 atom stereocenters. The SMILES string of the molecule is Cc1cc2c(s1)-c1sc(-c3ccc(C)c4nsnc34)cc1C2(C)C. The van der Waals surface area contributed by atoms with Crippen LogP contribution >= 0.6 is 34.4 Å². The molecule has 0 saturated carbocycles. The summed E-state index contributed by atoms with van der Waals surface area (Å²) in [5, 5.41) is 0. The Bertz CT molecular complexity index is 1110. The molecule has 0 N–H and O–H groups in total. The molecular weight excluding hydrogens is 352 g/mol. The molecule has 0 spiro atoms. The van der Waals surface area contributed by atoms with Gasteiger partial charge in [-0.3, -0.25) is 0 Å². The highest BCUT2D eigenvalue weighted by molar-refractivity contribution is 7.24. The van der Waals surface area contributed by atoms with Gasteiger partial charge in [0.15, 0.2) is 0 Å². The fourth-order valence-electron chi connectivity index (χ4n) is 3.64. The second-order valence-corrected chi connectivity index (χ2v) is 9.81. The van der Waals surface area contributed by atoms with Crippen molar-refractivity contribution in [1.82, 2.24) is 8.75 Å². The molecule has 3 heterocycles. The molecule has 0 aliphatic heterocycles. The van der Waals surface area contributed by atoms with Crippen molar-refractivity contribution in [2.45, 2.75) is 33.1 Å². The Morgan fingerprint density at radius 3 is 2.42 bits per heavy atom. The first-order valence-corrected chi connectivity index (χ1v) is 10.3. The topological polar surface area (TPSA) is 25.8 Å². The standard InChI is InChI=1S/C19H16N2S3/c1-9-5-6-11(16-15(9)20-24-21-16)14-8-13-18(23-14)17-12(19(13,3)4)7-10(2)22-17/h5-8H,1-4H3. The number of aromatic nitrogens is 2. The van der Waals surface area contributed by atoms with E-state index in [1.54, 1.807) is 0 Å². The molecule has 24 heavy (non-hydrogen) atoms. The minimum atomic E-state index is 0.0916. The number of benzene rings is 1. The number of rotatable bonds is 1. The van der Waals surface area contributed by atoms with Crippen LogP contribution < -0.4 is 0 Å². The fraction of sp³-hybridized carbons (Fsp3) is 0.263. The van der Waals surface area contributed by atoms with Crippen molar-refractivity contribution in [3.05, 3.63) is 45.8 Å².